The Morgan fingerprint density at radius 3 is 1.25 bits per heavy atom. The molecule has 0 bridgehead atoms. The van der Waals surface area contributed by atoms with Crippen molar-refractivity contribution < 1.29 is 15.0 Å². The molecule has 0 fully saturated rings. The van der Waals surface area contributed by atoms with Crippen molar-refractivity contribution in [2.75, 3.05) is 6.61 Å². The van der Waals surface area contributed by atoms with Crippen molar-refractivity contribution in [3.63, 3.8) is 0 Å². The molecule has 0 rings (SSSR count). The normalized spacial score (nSPS) is 14.0. The predicted molar refractivity (Wildman–Crippen MR) is 234 cm³/mol. The van der Waals surface area contributed by atoms with Crippen LogP contribution in [0.15, 0.2) is 97.2 Å². The van der Waals surface area contributed by atoms with E-state index in [4.69, 9.17) is 0 Å². The summed E-state index contributed by atoms with van der Waals surface area (Å²) in [6, 6.07) is -0.623. The number of hydrogen-bond donors (Lipinski definition) is 3. The fraction of sp³-hybridized carbons (Fsp3) is 0.653. The molecule has 0 aliphatic rings. The van der Waals surface area contributed by atoms with E-state index >= 15 is 0 Å². The van der Waals surface area contributed by atoms with Gasteiger partial charge in [-0.1, -0.05) is 201 Å². The summed E-state index contributed by atoms with van der Waals surface area (Å²) in [5.41, 5.74) is 0. The second-order valence-corrected chi connectivity index (χ2v) is 14.4. The van der Waals surface area contributed by atoms with Crippen molar-refractivity contribution >= 4 is 5.91 Å². The van der Waals surface area contributed by atoms with Gasteiger partial charge in [-0.2, -0.15) is 0 Å². The van der Waals surface area contributed by atoms with Crippen LogP contribution in [0.1, 0.15) is 187 Å². The Bertz CT molecular complexity index is 1010. The number of aliphatic hydroxyl groups is 2. The molecule has 2 atom stereocenters. The van der Waals surface area contributed by atoms with Crippen molar-refractivity contribution in [2.45, 2.75) is 199 Å². The Labute approximate surface area is 328 Å². The van der Waals surface area contributed by atoms with Crippen LogP contribution in [0.2, 0.25) is 0 Å². The van der Waals surface area contributed by atoms with Crippen LogP contribution in [0, 0.1) is 0 Å². The standard InChI is InChI=1S/C49H83NO3/c1-3-5-7-9-11-12-13-14-15-16-17-18-19-20-21-22-23-24-25-26-27-28-29-30-31-32-33-34-35-36-37-38-39-41-43-45-49(53)50-47(46-51)48(52)44-42-40-10-8-6-4-2/h5,7,11-12,14-15,17-18,20-21,23-24,26-27,42,44,47-48,51-52H,3-4,6,8-10,13,16,19,22,25,28-41,43,45-46H2,1-2H3,(H,50,53)/b7-5-,12-11-,15-14-,18-17-,21-20-,24-23-,27-26-,44-42+. The van der Waals surface area contributed by atoms with Gasteiger partial charge in [-0.25, -0.2) is 0 Å². The molecule has 3 N–H and O–H groups in total. The summed E-state index contributed by atoms with van der Waals surface area (Å²) < 4.78 is 0. The second kappa shape index (κ2) is 43.7. The summed E-state index contributed by atoms with van der Waals surface area (Å²) in [5, 5.41) is 22.7. The van der Waals surface area contributed by atoms with E-state index in [1.807, 2.05) is 6.08 Å². The largest absolute Gasteiger partial charge is 0.394 e. The maximum absolute atomic E-state index is 12.3. The van der Waals surface area contributed by atoms with Crippen LogP contribution in [0.3, 0.4) is 0 Å². The quantitative estimate of drug-likeness (QED) is 0.0437. The van der Waals surface area contributed by atoms with Crippen LogP contribution in [0.5, 0.6) is 0 Å². The van der Waals surface area contributed by atoms with Crippen LogP contribution < -0.4 is 5.32 Å². The molecular formula is C49H83NO3. The Morgan fingerprint density at radius 2 is 0.830 bits per heavy atom. The number of carbonyl (C=O) groups is 1. The summed E-state index contributed by atoms with van der Waals surface area (Å²) in [5.74, 6) is -0.0762. The van der Waals surface area contributed by atoms with Crippen LogP contribution in [0.4, 0.5) is 0 Å². The molecule has 0 aliphatic carbocycles. The lowest BCUT2D eigenvalue weighted by atomic mass is 10.0. The molecule has 0 aromatic rings. The van der Waals surface area contributed by atoms with Crippen LogP contribution >= 0.6 is 0 Å². The third-order valence-electron chi connectivity index (χ3n) is 9.32. The molecular weight excluding hydrogens is 651 g/mol. The molecule has 1 amide bonds. The molecule has 0 heterocycles. The van der Waals surface area contributed by atoms with Gasteiger partial charge in [-0.15, -0.1) is 0 Å². The van der Waals surface area contributed by atoms with Crippen molar-refractivity contribution in [1.29, 1.82) is 0 Å². The zero-order valence-electron chi connectivity index (χ0n) is 34.5. The van der Waals surface area contributed by atoms with E-state index in [1.54, 1.807) is 6.08 Å². The monoisotopic (exact) mass is 734 g/mol. The number of amides is 1. The smallest absolute Gasteiger partial charge is 0.220 e. The van der Waals surface area contributed by atoms with E-state index in [2.05, 4.69) is 104 Å². The molecule has 0 spiro atoms. The average molecular weight is 734 g/mol. The van der Waals surface area contributed by atoms with Crippen LogP contribution in [-0.2, 0) is 4.79 Å². The van der Waals surface area contributed by atoms with Gasteiger partial charge in [0.2, 0.25) is 5.91 Å². The van der Waals surface area contributed by atoms with Gasteiger partial charge < -0.3 is 15.5 Å². The molecule has 0 radical (unpaired) electrons. The Hall–Kier alpha value is -2.69. The fourth-order valence-corrected chi connectivity index (χ4v) is 5.98. The second-order valence-electron chi connectivity index (χ2n) is 14.4. The van der Waals surface area contributed by atoms with E-state index in [-0.39, 0.29) is 12.5 Å². The van der Waals surface area contributed by atoms with Crippen molar-refractivity contribution in [2.24, 2.45) is 0 Å². The summed E-state index contributed by atoms with van der Waals surface area (Å²) in [4.78, 5) is 12.3. The van der Waals surface area contributed by atoms with E-state index in [1.165, 1.54) is 96.3 Å². The molecule has 302 valence electrons. The zero-order chi connectivity index (χ0) is 38.6. The SMILES string of the molecule is CC/C=C\C/C=C\C/C=C\C/C=C\C/C=C\C/C=C\C/C=C\CCCCCCCCCCCCCCCC(=O)NC(CO)C(O)/C=C/CCCCCC. The Kier molecular flexibility index (Phi) is 41.5. The van der Waals surface area contributed by atoms with Crippen molar-refractivity contribution in [3.8, 4) is 0 Å². The lowest BCUT2D eigenvalue weighted by molar-refractivity contribution is -0.123. The van der Waals surface area contributed by atoms with Crippen molar-refractivity contribution in [1.82, 2.24) is 5.32 Å². The first kappa shape index (κ1) is 50.3. The lowest BCUT2D eigenvalue weighted by Crippen LogP contribution is -2.45. The molecule has 2 unspecified atom stereocenters. The first-order chi connectivity index (χ1) is 26.2. The van der Waals surface area contributed by atoms with Gasteiger partial charge in [0.15, 0.2) is 0 Å². The maximum Gasteiger partial charge on any atom is 0.220 e. The summed E-state index contributed by atoms with van der Waals surface area (Å²) in [7, 11) is 0. The molecule has 4 heteroatoms. The van der Waals surface area contributed by atoms with Gasteiger partial charge in [0.05, 0.1) is 18.8 Å². The first-order valence-corrected chi connectivity index (χ1v) is 22.0. The summed E-state index contributed by atoms with van der Waals surface area (Å²) in [6.07, 6.45) is 65.5. The predicted octanol–water partition coefficient (Wildman–Crippen LogP) is 13.8. The number of carbonyl (C=O) groups excluding carboxylic acids is 1. The molecule has 0 aromatic heterocycles. The van der Waals surface area contributed by atoms with E-state index in [9.17, 15) is 15.0 Å². The van der Waals surface area contributed by atoms with Gasteiger partial charge in [-0.05, 0) is 77.0 Å². The minimum absolute atomic E-state index is 0.0762. The van der Waals surface area contributed by atoms with E-state index in [0.29, 0.717) is 6.42 Å². The first-order valence-electron chi connectivity index (χ1n) is 22.0. The Balaban J connectivity index is 3.52. The highest BCUT2D eigenvalue weighted by molar-refractivity contribution is 5.76. The van der Waals surface area contributed by atoms with Crippen LogP contribution in [0.25, 0.3) is 0 Å². The van der Waals surface area contributed by atoms with Gasteiger partial charge in [-0.3, -0.25) is 4.79 Å². The Morgan fingerprint density at radius 1 is 0.472 bits per heavy atom. The number of hydrogen-bond acceptors (Lipinski definition) is 3. The number of rotatable bonds is 38. The van der Waals surface area contributed by atoms with Gasteiger partial charge in [0.1, 0.15) is 0 Å². The minimum atomic E-state index is -0.840. The number of allylic oxidation sites excluding steroid dienone is 15. The van der Waals surface area contributed by atoms with Crippen molar-refractivity contribution in [3.05, 3.63) is 97.2 Å². The number of aliphatic hydroxyl groups excluding tert-OH is 2. The number of unbranched alkanes of at least 4 members (excludes halogenated alkanes) is 17. The molecule has 0 aromatic carbocycles. The third-order valence-corrected chi connectivity index (χ3v) is 9.32. The van der Waals surface area contributed by atoms with Gasteiger partial charge >= 0.3 is 0 Å². The van der Waals surface area contributed by atoms with Crippen LogP contribution in [-0.4, -0.2) is 34.9 Å². The average Bonchev–Trinajstić information content (AvgIpc) is 3.16. The summed E-state index contributed by atoms with van der Waals surface area (Å²) >= 11 is 0. The molecule has 4 nitrogen and oxygen atoms in total. The highest BCUT2D eigenvalue weighted by Gasteiger charge is 2.17. The molecule has 0 aliphatic heterocycles. The highest BCUT2D eigenvalue weighted by atomic mass is 16.3. The molecule has 0 saturated carbocycles. The third kappa shape index (κ3) is 40.3. The van der Waals surface area contributed by atoms with E-state index in [0.717, 1.165) is 70.6 Å². The summed E-state index contributed by atoms with van der Waals surface area (Å²) in [6.45, 7) is 4.10. The van der Waals surface area contributed by atoms with E-state index < -0.39 is 12.1 Å². The zero-order valence-corrected chi connectivity index (χ0v) is 34.5. The van der Waals surface area contributed by atoms with Gasteiger partial charge in [0.25, 0.3) is 0 Å². The van der Waals surface area contributed by atoms with Gasteiger partial charge in [0, 0.05) is 6.42 Å². The molecule has 53 heavy (non-hydrogen) atoms. The highest BCUT2D eigenvalue weighted by Crippen LogP contribution is 2.14. The topological polar surface area (TPSA) is 69.6 Å². The fourth-order valence-electron chi connectivity index (χ4n) is 5.98. The maximum atomic E-state index is 12.3. The number of nitrogens with one attached hydrogen (secondary N) is 1. The minimum Gasteiger partial charge on any atom is -0.394 e. The lowest BCUT2D eigenvalue weighted by Gasteiger charge is -2.20. The molecule has 0 saturated heterocycles.